The van der Waals surface area contributed by atoms with Gasteiger partial charge in [-0.3, -0.25) is 0 Å². The van der Waals surface area contributed by atoms with Gasteiger partial charge >= 0.3 is 6.09 Å². The Morgan fingerprint density at radius 1 is 1.18 bits per heavy atom. The van der Waals surface area contributed by atoms with Crippen molar-refractivity contribution >= 4 is 16.1 Å². The van der Waals surface area contributed by atoms with E-state index in [-0.39, 0.29) is 16.9 Å². The highest BCUT2D eigenvalue weighted by Crippen LogP contribution is 2.28. The molecule has 0 unspecified atom stereocenters. The summed E-state index contributed by atoms with van der Waals surface area (Å²) in [6.07, 6.45) is -0.840. The first kappa shape index (κ1) is 18.4. The third-order valence-corrected chi connectivity index (χ3v) is 4.71. The van der Waals surface area contributed by atoms with Crippen LogP contribution in [0.3, 0.4) is 0 Å². The average Bonchev–Trinajstić information content (AvgIpc) is 2.34. The van der Waals surface area contributed by atoms with Gasteiger partial charge < -0.3 is 4.74 Å². The number of hydrogen-bond donors (Lipinski definition) is 2. The molecule has 0 bridgehead atoms. The number of hydrazine groups is 1. The lowest BCUT2D eigenvalue weighted by atomic mass is 9.85. The van der Waals surface area contributed by atoms with Crippen LogP contribution >= 0.6 is 0 Å². The molecule has 1 aromatic rings. The molecule has 0 saturated carbocycles. The Labute approximate surface area is 132 Å². The van der Waals surface area contributed by atoms with Crippen molar-refractivity contribution in [3.63, 3.8) is 0 Å². The fraction of sp³-hybridized carbons (Fsp3) is 0.533. The lowest BCUT2D eigenvalue weighted by molar-refractivity contribution is 0.150. The number of carbonyl (C=O) groups is 1. The van der Waals surface area contributed by atoms with E-state index in [2.05, 4.69) is 25.5 Å². The van der Waals surface area contributed by atoms with Gasteiger partial charge in [0, 0.05) is 0 Å². The van der Waals surface area contributed by atoms with Gasteiger partial charge in [0.1, 0.15) is 0 Å². The molecule has 22 heavy (non-hydrogen) atoms. The summed E-state index contributed by atoms with van der Waals surface area (Å²) in [5.41, 5.74) is 4.26. The third-order valence-electron chi connectivity index (χ3n) is 3.16. The van der Waals surface area contributed by atoms with Gasteiger partial charge in [0.25, 0.3) is 10.0 Å². The summed E-state index contributed by atoms with van der Waals surface area (Å²) in [5, 5.41) is 0. The molecule has 0 aliphatic rings. The van der Waals surface area contributed by atoms with Crippen molar-refractivity contribution in [3.05, 3.63) is 28.8 Å². The molecular formula is C15H24N2O4S. The van der Waals surface area contributed by atoms with Crippen LogP contribution in [0.4, 0.5) is 4.79 Å². The van der Waals surface area contributed by atoms with Crippen molar-refractivity contribution in [1.29, 1.82) is 0 Å². The molecule has 0 radical (unpaired) electrons. The molecule has 1 amide bonds. The van der Waals surface area contributed by atoms with Crippen molar-refractivity contribution in [2.75, 3.05) is 6.61 Å². The van der Waals surface area contributed by atoms with E-state index in [0.717, 1.165) is 5.56 Å². The van der Waals surface area contributed by atoms with Gasteiger partial charge in [0.05, 0.1) is 11.5 Å². The standard InChI is InChI=1S/C15H24N2O4S/c1-7-21-14(18)16-17-22(19,20)13-10(2)8-12(9-11(13)3)15(4,5)6/h8-9,17H,7H2,1-6H3,(H,16,18). The van der Waals surface area contributed by atoms with Crippen LogP contribution in [0, 0.1) is 13.8 Å². The molecule has 0 aromatic heterocycles. The summed E-state index contributed by atoms with van der Waals surface area (Å²) in [6, 6.07) is 3.71. The fourth-order valence-electron chi connectivity index (χ4n) is 2.13. The number of sulfonamides is 1. The first-order valence-corrected chi connectivity index (χ1v) is 8.53. The van der Waals surface area contributed by atoms with Crippen LogP contribution in [-0.2, 0) is 20.2 Å². The van der Waals surface area contributed by atoms with E-state index in [9.17, 15) is 13.2 Å². The molecule has 0 aliphatic heterocycles. The highest BCUT2D eigenvalue weighted by Gasteiger charge is 2.23. The van der Waals surface area contributed by atoms with E-state index in [4.69, 9.17) is 0 Å². The second-order valence-electron chi connectivity index (χ2n) is 6.14. The zero-order chi connectivity index (χ0) is 17.1. The Bertz CT molecular complexity index is 638. The summed E-state index contributed by atoms with van der Waals surface area (Å²) in [6.45, 7) is 11.5. The van der Waals surface area contributed by atoms with Gasteiger partial charge in [0.15, 0.2) is 0 Å². The van der Waals surface area contributed by atoms with Crippen LogP contribution in [0.5, 0.6) is 0 Å². The molecule has 7 heteroatoms. The van der Waals surface area contributed by atoms with Crippen molar-refractivity contribution < 1.29 is 17.9 Å². The summed E-state index contributed by atoms with van der Waals surface area (Å²) in [5.74, 6) is 0. The summed E-state index contributed by atoms with van der Waals surface area (Å²) >= 11 is 0. The minimum absolute atomic E-state index is 0.0750. The number of rotatable bonds is 4. The Morgan fingerprint density at radius 3 is 2.09 bits per heavy atom. The van der Waals surface area contributed by atoms with E-state index in [0.29, 0.717) is 11.1 Å². The maximum atomic E-state index is 12.4. The number of carbonyl (C=O) groups excluding carboxylic acids is 1. The van der Waals surface area contributed by atoms with Gasteiger partial charge in [-0.15, -0.1) is 4.83 Å². The minimum atomic E-state index is -3.86. The predicted octanol–water partition coefficient (Wildman–Crippen LogP) is 2.54. The third kappa shape index (κ3) is 4.45. The highest BCUT2D eigenvalue weighted by molar-refractivity contribution is 7.89. The van der Waals surface area contributed by atoms with Gasteiger partial charge in [-0.05, 0) is 42.9 Å². The summed E-state index contributed by atoms with van der Waals surface area (Å²) < 4.78 is 29.3. The van der Waals surface area contributed by atoms with E-state index in [1.807, 2.05) is 22.4 Å². The van der Waals surface area contributed by atoms with Crippen molar-refractivity contribution in [1.82, 2.24) is 10.3 Å². The summed E-state index contributed by atoms with van der Waals surface area (Å²) in [7, 11) is -3.86. The van der Waals surface area contributed by atoms with Crippen molar-refractivity contribution in [2.24, 2.45) is 0 Å². The lowest BCUT2D eigenvalue weighted by Gasteiger charge is -2.22. The van der Waals surface area contributed by atoms with Gasteiger partial charge in [-0.1, -0.05) is 32.9 Å². The highest BCUT2D eigenvalue weighted by atomic mass is 32.2. The molecule has 1 aromatic carbocycles. The molecule has 0 fully saturated rings. The van der Waals surface area contributed by atoms with Crippen LogP contribution in [0.15, 0.2) is 17.0 Å². The average molecular weight is 328 g/mol. The maximum absolute atomic E-state index is 12.4. The molecule has 0 spiro atoms. The SMILES string of the molecule is CCOC(=O)NNS(=O)(=O)c1c(C)cc(C(C)(C)C)cc1C. The molecule has 0 atom stereocenters. The molecule has 0 saturated heterocycles. The number of hydrogen-bond acceptors (Lipinski definition) is 4. The zero-order valence-electron chi connectivity index (χ0n) is 13.9. The number of nitrogens with one attached hydrogen (secondary N) is 2. The first-order valence-electron chi connectivity index (χ1n) is 7.05. The van der Waals surface area contributed by atoms with Gasteiger partial charge in [-0.2, -0.15) is 0 Å². The van der Waals surface area contributed by atoms with Crippen LogP contribution in [0.1, 0.15) is 44.4 Å². The van der Waals surface area contributed by atoms with Crippen molar-refractivity contribution in [3.8, 4) is 0 Å². The molecule has 0 aliphatic carbocycles. The Balaban J connectivity index is 3.13. The normalized spacial score (nSPS) is 12.1. The van der Waals surface area contributed by atoms with Crippen LogP contribution < -0.4 is 10.3 Å². The van der Waals surface area contributed by atoms with Crippen LogP contribution in [0.2, 0.25) is 0 Å². The molecule has 1 rings (SSSR count). The van der Waals surface area contributed by atoms with Crippen LogP contribution in [-0.4, -0.2) is 21.1 Å². The van der Waals surface area contributed by atoms with Crippen molar-refractivity contribution in [2.45, 2.75) is 51.9 Å². The van der Waals surface area contributed by atoms with E-state index < -0.39 is 16.1 Å². The largest absolute Gasteiger partial charge is 0.449 e. The van der Waals surface area contributed by atoms with Crippen LogP contribution in [0.25, 0.3) is 0 Å². The Hall–Kier alpha value is -1.60. The molecular weight excluding hydrogens is 304 g/mol. The van der Waals surface area contributed by atoms with E-state index in [1.54, 1.807) is 20.8 Å². The topological polar surface area (TPSA) is 84.5 Å². The quantitative estimate of drug-likeness (QED) is 0.832. The van der Waals surface area contributed by atoms with E-state index in [1.165, 1.54) is 0 Å². The minimum Gasteiger partial charge on any atom is -0.449 e. The lowest BCUT2D eigenvalue weighted by Crippen LogP contribution is -2.42. The molecule has 124 valence electrons. The smallest absolute Gasteiger partial charge is 0.422 e. The van der Waals surface area contributed by atoms with E-state index >= 15 is 0 Å². The molecule has 2 N–H and O–H groups in total. The second kappa shape index (κ2) is 6.66. The maximum Gasteiger partial charge on any atom is 0.422 e. The number of benzene rings is 1. The fourth-order valence-corrected chi connectivity index (χ4v) is 3.42. The first-order chi connectivity index (χ1) is 9.99. The zero-order valence-corrected chi connectivity index (χ0v) is 14.7. The Morgan fingerprint density at radius 2 is 1.68 bits per heavy atom. The monoisotopic (exact) mass is 328 g/mol. The van der Waals surface area contributed by atoms with Gasteiger partial charge in [0.2, 0.25) is 0 Å². The number of amides is 1. The predicted molar refractivity (Wildman–Crippen MR) is 85.1 cm³/mol. The number of aryl methyl sites for hydroxylation is 2. The summed E-state index contributed by atoms with van der Waals surface area (Å²) in [4.78, 5) is 13.4. The Kier molecular flexibility index (Phi) is 5.59. The van der Waals surface area contributed by atoms with Gasteiger partial charge in [-0.25, -0.2) is 18.6 Å². The number of ether oxygens (including phenoxy) is 1. The second-order valence-corrected chi connectivity index (χ2v) is 7.76. The molecule has 0 heterocycles. The molecule has 6 nitrogen and oxygen atoms in total.